The van der Waals surface area contributed by atoms with Crippen LogP contribution in [-0.2, 0) is 0 Å². The number of anilines is 1. The van der Waals surface area contributed by atoms with Crippen LogP contribution in [0.5, 0.6) is 5.75 Å². The summed E-state index contributed by atoms with van der Waals surface area (Å²) < 4.78 is 0. The van der Waals surface area contributed by atoms with Gasteiger partial charge in [0.2, 0.25) is 0 Å². The lowest BCUT2D eigenvalue weighted by Crippen LogP contribution is -2.45. The minimum Gasteiger partial charge on any atom is -0.507 e. The number of hydrogen-bond donors (Lipinski definition) is 2. The van der Waals surface area contributed by atoms with Gasteiger partial charge < -0.3 is 10.0 Å². The van der Waals surface area contributed by atoms with E-state index in [0.717, 1.165) is 17.7 Å². The van der Waals surface area contributed by atoms with E-state index in [1.54, 1.807) is 12.1 Å². The lowest BCUT2D eigenvalue weighted by Gasteiger charge is -2.45. The van der Waals surface area contributed by atoms with Gasteiger partial charge in [-0.25, -0.2) is 5.43 Å². The summed E-state index contributed by atoms with van der Waals surface area (Å²) in [4.78, 5) is 14.4. The Morgan fingerprint density at radius 1 is 1.37 bits per heavy atom. The van der Waals surface area contributed by atoms with Gasteiger partial charge in [-0.2, -0.15) is 5.10 Å². The zero-order chi connectivity index (χ0) is 19.8. The lowest BCUT2D eigenvalue weighted by molar-refractivity contribution is 0.0952. The van der Waals surface area contributed by atoms with Gasteiger partial charge in [-0.15, -0.1) is 0 Å². The van der Waals surface area contributed by atoms with Crippen molar-refractivity contribution in [1.82, 2.24) is 5.43 Å². The van der Waals surface area contributed by atoms with Crippen LogP contribution in [-0.4, -0.2) is 29.8 Å². The van der Waals surface area contributed by atoms with Crippen molar-refractivity contribution in [2.45, 2.75) is 38.6 Å². The summed E-state index contributed by atoms with van der Waals surface area (Å²) in [5, 5.41) is 14.3. The molecule has 0 radical (unpaired) electrons. The molecule has 0 aromatic heterocycles. The second-order valence-corrected chi connectivity index (χ2v) is 8.03. The van der Waals surface area contributed by atoms with Gasteiger partial charge in [0.25, 0.3) is 5.91 Å². The van der Waals surface area contributed by atoms with E-state index in [0.29, 0.717) is 10.9 Å². The molecular formula is C21H24ClN3O2. The fraction of sp³-hybridized carbons (Fsp3) is 0.333. The molecule has 0 fully saturated rings. The number of phenolic OH excluding ortho intramolecular Hbond substituents is 1. The molecule has 0 bridgehead atoms. The number of benzene rings is 2. The number of phenols is 1. The molecule has 1 heterocycles. The molecule has 3 rings (SSSR count). The smallest absolute Gasteiger partial charge is 0.275 e. The summed E-state index contributed by atoms with van der Waals surface area (Å²) in [6.45, 7) is 6.66. The van der Waals surface area contributed by atoms with Gasteiger partial charge in [-0.3, -0.25) is 4.79 Å². The average Bonchev–Trinajstić information content (AvgIpc) is 2.60. The van der Waals surface area contributed by atoms with Crippen molar-refractivity contribution in [2.75, 3.05) is 11.9 Å². The zero-order valence-corrected chi connectivity index (χ0v) is 16.7. The Hall–Kier alpha value is -2.53. The van der Waals surface area contributed by atoms with Gasteiger partial charge in [-0.1, -0.05) is 30.7 Å². The molecule has 1 aliphatic rings. The van der Waals surface area contributed by atoms with E-state index in [-0.39, 0.29) is 16.9 Å². The summed E-state index contributed by atoms with van der Waals surface area (Å²) in [5.74, 6) is -0.170. The third kappa shape index (κ3) is 3.78. The van der Waals surface area contributed by atoms with Crippen LogP contribution in [0.25, 0.3) is 0 Å². The number of rotatable bonds is 3. The molecule has 0 unspecified atom stereocenters. The Kier molecular flexibility index (Phi) is 5.16. The molecule has 0 saturated heterocycles. The highest BCUT2D eigenvalue weighted by molar-refractivity contribution is 6.33. The summed E-state index contributed by atoms with van der Waals surface area (Å²) in [7, 11) is 2.08. The molecule has 6 heteroatoms. The van der Waals surface area contributed by atoms with Crippen molar-refractivity contribution in [3.8, 4) is 5.75 Å². The van der Waals surface area contributed by atoms with Gasteiger partial charge in [0.1, 0.15) is 5.75 Å². The van der Waals surface area contributed by atoms with E-state index in [1.165, 1.54) is 23.9 Å². The van der Waals surface area contributed by atoms with Crippen molar-refractivity contribution < 1.29 is 9.90 Å². The molecule has 5 nitrogen and oxygen atoms in total. The van der Waals surface area contributed by atoms with Gasteiger partial charge in [0, 0.05) is 23.8 Å². The predicted octanol–water partition coefficient (Wildman–Crippen LogP) is 4.53. The number of fused-ring (bicyclic) bond motifs is 1. The Labute approximate surface area is 164 Å². The average molecular weight is 386 g/mol. The second kappa shape index (κ2) is 7.24. The first kappa shape index (κ1) is 19.2. The van der Waals surface area contributed by atoms with E-state index >= 15 is 0 Å². The van der Waals surface area contributed by atoms with E-state index in [4.69, 9.17) is 11.6 Å². The Morgan fingerprint density at radius 2 is 2.07 bits per heavy atom. The topological polar surface area (TPSA) is 64.9 Å². The molecule has 2 aromatic rings. The predicted molar refractivity (Wildman–Crippen MR) is 110 cm³/mol. The highest BCUT2D eigenvalue weighted by atomic mass is 35.5. The minimum absolute atomic E-state index is 0.0665. The van der Waals surface area contributed by atoms with E-state index in [2.05, 4.69) is 43.2 Å². The van der Waals surface area contributed by atoms with Gasteiger partial charge in [0.05, 0.1) is 16.8 Å². The number of carbonyl (C=O) groups is 1. The van der Waals surface area contributed by atoms with Crippen LogP contribution in [0.1, 0.15) is 54.6 Å². The number of carbonyl (C=O) groups excluding carboxylic acids is 1. The first-order chi connectivity index (χ1) is 12.7. The van der Waals surface area contributed by atoms with Gasteiger partial charge >= 0.3 is 0 Å². The van der Waals surface area contributed by atoms with Crippen molar-refractivity contribution in [3.05, 3.63) is 58.1 Å². The molecule has 0 saturated carbocycles. The van der Waals surface area contributed by atoms with Crippen LogP contribution < -0.4 is 10.3 Å². The maximum atomic E-state index is 12.1. The molecule has 2 aromatic carbocycles. The second-order valence-electron chi connectivity index (χ2n) is 7.63. The molecule has 27 heavy (non-hydrogen) atoms. The fourth-order valence-corrected chi connectivity index (χ4v) is 3.80. The first-order valence-electron chi connectivity index (χ1n) is 8.89. The van der Waals surface area contributed by atoms with Crippen molar-refractivity contribution in [2.24, 2.45) is 5.10 Å². The standard InChI is InChI=1S/C21H24ClN3O2/c1-13-11-21(2,3)25(4)18-10-17(22)14(9-16(13)18)12-23-24-20(27)15-7-5-6-8-19(15)26/h5-10,12-13,26H,11H2,1-4H3,(H,24,27)/b23-12+/t13-/m0/s1. The zero-order valence-electron chi connectivity index (χ0n) is 16.0. The molecule has 2 N–H and O–H groups in total. The van der Waals surface area contributed by atoms with Crippen LogP contribution >= 0.6 is 11.6 Å². The van der Waals surface area contributed by atoms with Crippen molar-refractivity contribution in [3.63, 3.8) is 0 Å². The number of para-hydroxylation sites is 1. The Morgan fingerprint density at radius 3 is 2.78 bits per heavy atom. The SMILES string of the molecule is C[C@H]1CC(C)(C)N(C)c2cc(Cl)c(/C=N/NC(=O)c3ccccc3O)cc21. The maximum absolute atomic E-state index is 12.1. The Bertz CT molecular complexity index is 908. The highest BCUT2D eigenvalue weighted by Crippen LogP contribution is 2.44. The normalized spacial score (nSPS) is 18.4. The van der Waals surface area contributed by atoms with Crippen molar-refractivity contribution in [1.29, 1.82) is 0 Å². The van der Waals surface area contributed by atoms with E-state index in [1.807, 2.05) is 12.1 Å². The van der Waals surface area contributed by atoms with Crippen LogP contribution in [0, 0.1) is 0 Å². The quantitative estimate of drug-likeness (QED) is 0.602. The number of amides is 1. The fourth-order valence-electron chi connectivity index (χ4n) is 3.59. The lowest BCUT2D eigenvalue weighted by atomic mass is 9.80. The molecular weight excluding hydrogens is 362 g/mol. The number of halogens is 1. The number of aromatic hydroxyl groups is 1. The monoisotopic (exact) mass is 385 g/mol. The molecule has 1 aliphatic heterocycles. The summed E-state index contributed by atoms with van der Waals surface area (Å²) in [6, 6.07) is 10.3. The first-order valence-corrected chi connectivity index (χ1v) is 9.27. The third-order valence-corrected chi connectivity index (χ3v) is 5.60. The van der Waals surface area contributed by atoms with Crippen LogP contribution in [0.15, 0.2) is 41.5 Å². The number of nitrogens with zero attached hydrogens (tertiary/aromatic N) is 2. The molecule has 1 amide bonds. The molecule has 1 atom stereocenters. The minimum atomic E-state index is -0.478. The number of hydrazone groups is 1. The Balaban J connectivity index is 1.82. The number of nitrogens with one attached hydrogen (secondary N) is 1. The maximum Gasteiger partial charge on any atom is 0.275 e. The largest absolute Gasteiger partial charge is 0.507 e. The molecule has 142 valence electrons. The van der Waals surface area contributed by atoms with E-state index < -0.39 is 5.91 Å². The van der Waals surface area contributed by atoms with Crippen molar-refractivity contribution >= 4 is 29.4 Å². The number of hydrogen-bond acceptors (Lipinski definition) is 4. The van der Waals surface area contributed by atoms with E-state index in [9.17, 15) is 9.90 Å². The molecule has 0 aliphatic carbocycles. The summed E-state index contributed by atoms with van der Waals surface area (Å²) >= 11 is 6.45. The van der Waals surface area contributed by atoms with Crippen LogP contribution in [0.2, 0.25) is 5.02 Å². The van der Waals surface area contributed by atoms with Crippen LogP contribution in [0.3, 0.4) is 0 Å². The van der Waals surface area contributed by atoms with Gasteiger partial charge in [0.15, 0.2) is 0 Å². The van der Waals surface area contributed by atoms with Crippen LogP contribution in [0.4, 0.5) is 5.69 Å². The third-order valence-electron chi connectivity index (χ3n) is 5.27. The highest BCUT2D eigenvalue weighted by Gasteiger charge is 2.34. The van der Waals surface area contributed by atoms with Gasteiger partial charge in [-0.05, 0) is 56.0 Å². The summed E-state index contributed by atoms with van der Waals surface area (Å²) in [5.41, 5.74) is 5.75. The summed E-state index contributed by atoms with van der Waals surface area (Å²) in [6.07, 6.45) is 2.58. The molecule has 0 spiro atoms.